The number of benzene rings is 2. The average molecular weight is 378 g/mol. The number of aromatic nitrogens is 4. The van der Waals surface area contributed by atoms with E-state index >= 15 is 0 Å². The van der Waals surface area contributed by atoms with Crippen molar-refractivity contribution in [3.05, 3.63) is 108 Å². The Balaban J connectivity index is 0.000000153. The fourth-order valence-corrected chi connectivity index (χ4v) is 4.18. The SMILES string of the molecule is c1ccc2c(c1)CCCC2c1ccn2cnnc2c1.c1ccc2cnccc2c1. The predicted octanol–water partition coefficient (Wildman–Crippen LogP) is 5.43. The van der Waals surface area contributed by atoms with E-state index in [2.05, 4.69) is 69.9 Å². The quantitative estimate of drug-likeness (QED) is 0.390. The van der Waals surface area contributed by atoms with Crippen molar-refractivity contribution in [2.24, 2.45) is 0 Å². The van der Waals surface area contributed by atoms with Crippen LogP contribution in [0.5, 0.6) is 0 Å². The van der Waals surface area contributed by atoms with Gasteiger partial charge in [-0.3, -0.25) is 9.38 Å². The molecular formula is C25H22N4. The summed E-state index contributed by atoms with van der Waals surface area (Å²) < 4.78 is 1.96. The number of hydrogen-bond donors (Lipinski definition) is 0. The molecule has 0 aliphatic heterocycles. The molecule has 1 unspecified atom stereocenters. The molecule has 0 amide bonds. The van der Waals surface area contributed by atoms with Gasteiger partial charge in [0.1, 0.15) is 6.33 Å². The molecule has 0 radical (unpaired) electrons. The molecule has 0 N–H and O–H groups in total. The topological polar surface area (TPSA) is 43.1 Å². The molecule has 1 atom stereocenters. The van der Waals surface area contributed by atoms with Crippen molar-refractivity contribution >= 4 is 16.4 Å². The van der Waals surface area contributed by atoms with E-state index in [0.29, 0.717) is 5.92 Å². The molecule has 0 spiro atoms. The highest BCUT2D eigenvalue weighted by molar-refractivity contribution is 5.80. The van der Waals surface area contributed by atoms with Crippen molar-refractivity contribution in [2.45, 2.75) is 25.2 Å². The van der Waals surface area contributed by atoms with Gasteiger partial charge in [0.05, 0.1) is 0 Å². The summed E-state index contributed by atoms with van der Waals surface area (Å²) in [5, 5.41) is 10.5. The molecule has 1 aliphatic carbocycles. The molecule has 0 fully saturated rings. The molecule has 29 heavy (non-hydrogen) atoms. The lowest BCUT2D eigenvalue weighted by molar-refractivity contribution is 0.615. The summed E-state index contributed by atoms with van der Waals surface area (Å²) in [6.07, 6.45) is 11.2. The standard InChI is InChI=1S/C16H15N3.C9H7N/c1-2-6-14-12(4-1)5-3-7-15(14)13-8-9-19-11-17-18-16(19)10-13;1-2-4-9-7-10-6-5-8(9)3-1/h1-2,4,6,8-11,15H,3,5,7H2;1-7H. The molecule has 0 saturated heterocycles. The van der Waals surface area contributed by atoms with Crippen LogP contribution in [0.25, 0.3) is 16.4 Å². The molecule has 4 heteroatoms. The maximum absolute atomic E-state index is 4.14. The molecule has 5 aromatic rings. The molecule has 6 rings (SSSR count). The third-order valence-electron chi connectivity index (χ3n) is 5.65. The van der Waals surface area contributed by atoms with Crippen LogP contribution in [-0.2, 0) is 6.42 Å². The van der Waals surface area contributed by atoms with Crippen LogP contribution in [0.15, 0.2) is 91.6 Å². The van der Waals surface area contributed by atoms with E-state index in [4.69, 9.17) is 0 Å². The van der Waals surface area contributed by atoms with Crippen molar-refractivity contribution in [1.82, 2.24) is 19.6 Å². The highest BCUT2D eigenvalue weighted by Crippen LogP contribution is 2.36. The normalized spacial score (nSPS) is 15.5. The zero-order valence-corrected chi connectivity index (χ0v) is 16.1. The van der Waals surface area contributed by atoms with Crippen LogP contribution in [0.2, 0.25) is 0 Å². The molecule has 2 aromatic carbocycles. The highest BCUT2D eigenvalue weighted by Gasteiger charge is 2.21. The van der Waals surface area contributed by atoms with Gasteiger partial charge in [0.15, 0.2) is 5.65 Å². The van der Waals surface area contributed by atoms with E-state index in [1.54, 1.807) is 6.33 Å². The van der Waals surface area contributed by atoms with Crippen LogP contribution in [-0.4, -0.2) is 19.6 Å². The predicted molar refractivity (Wildman–Crippen MR) is 116 cm³/mol. The van der Waals surface area contributed by atoms with Crippen LogP contribution in [0, 0.1) is 0 Å². The summed E-state index contributed by atoms with van der Waals surface area (Å²) >= 11 is 0. The molecule has 1 aliphatic rings. The van der Waals surface area contributed by atoms with Gasteiger partial charge in [-0.25, -0.2) is 0 Å². The van der Waals surface area contributed by atoms with Gasteiger partial charge in [0.25, 0.3) is 0 Å². The number of nitrogens with zero attached hydrogens (tertiary/aromatic N) is 4. The van der Waals surface area contributed by atoms with Crippen molar-refractivity contribution < 1.29 is 0 Å². The first-order valence-corrected chi connectivity index (χ1v) is 10.0. The van der Waals surface area contributed by atoms with E-state index in [9.17, 15) is 0 Å². The van der Waals surface area contributed by atoms with Gasteiger partial charge in [-0.1, -0.05) is 48.5 Å². The van der Waals surface area contributed by atoms with Gasteiger partial charge >= 0.3 is 0 Å². The summed E-state index contributed by atoms with van der Waals surface area (Å²) in [5.41, 5.74) is 5.27. The van der Waals surface area contributed by atoms with Gasteiger partial charge in [-0.2, -0.15) is 0 Å². The maximum Gasteiger partial charge on any atom is 0.160 e. The lowest BCUT2D eigenvalue weighted by Gasteiger charge is -2.25. The third kappa shape index (κ3) is 3.61. The van der Waals surface area contributed by atoms with Crippen LogP contribution in [0.4, 0.5) is 0 Å². The first-order valence-electron chi connectivity index (χ1n) is 10.0. The molecule has 0 saturated carbocycles. The second-order valence-electron chi connectivity index (χ2n) is 7.42. The van der Waals surface area contributed by atoms with Gasteiger partial charge in [-0.15, -0.1) is 10.2 Å². The second-order valence-corrected chi connectivity index (χ2v) is 7.42. The summed E-state index contributed by atoms with van der Waals surface area (Å²) in [4.78, 5) is 4.01. The van der Waals surface area contributed by atoms with E-state index in [1.807, 2.05) is 35.0 Å². The van der Waals surface area contributed by atoms with Crippen LogP contribution in [0.3, 0.4) is 0 Å². The molecule has 142 valence electrons. The minimum absolute atomic E-state index is 0.506. The van der Waals surface area contributed by atoms with Gasteiger partial charge < -0.3 is 0 Å². The number of aryl methyl sites for hydroxylation is 1. The van der Waals surface area contributed by atoms with Crippen molar-refractivity contribution in [3.63, 3.8) is 0 Å². The van der Waals surface area contributed by atoms with Gasteiger partial charge in [0, 0.05) is 24.5 Å². The maximum atomic E-state index is 4.14. The molecule has 0 bridgehead atoms. The lowest BCUT2D eigenvalue weighted by Crippen LogP contribution is -2.11. The lowest BCUT2D eigenvalue weighted by atomic mass is 9.79. The number of rotatable bonds is 1. The minimum atomic E-state index is 0.506. The van der Waals surface area contributed by atoms with Crippen molar-refractivity contribution in [1.29, 1.82) is 0 Å². The Hall–Kier alpha value is -3.53. The largest absolute Gasteiger partial charge is 0.289 e. The third-order valence-corrected chi connectivity index (χ3v) is 5.65. The number of fused-ring (bicyclic) bond motifs is 3. The van der Waals surface area contributed by atoms with Crippen LogP contribution < -0.4 is 0 Å². The number of hydrogen-bond acceptors (Lipinski definition) is 3. The number of pyridine rings is 2. The monoisotopic (exact) mass is 378 g/mol. The van der Waals surface area contributed by atoms with Crippen LogP contribution >= 0.6 is 0 Å². The first kappa shape index (κ1) is 17.6. The van der Waals surface area contributed by atoms with E-state index in [1.165, 1.54) is 46.7 Å². The van der Waals surface area contributed by atoms with E-state index in [-0.39, 0.29) is 0 Å². The Morgan fingerprint density at radius 1 is 0.897 bits per heavy atom. The first-order chi connectivity index (χ1) is 14.4. The minimum Gasteiger partial charge on any atom is -0.289 e. The zero-order chi connectivity index (χ0) is 19.5. The van der Waals surface area contributed by atoms with Crippen molar-refractivity contribution in [3.8, 4) is 0 Å². The summed E-state index contributed by atoms with van der Waals surface area (Å²) in [6, 6.07) is 23.4. The molecule has 3 heterocycles. The zero-order valence-electron chi connectivity index (χ0n) is 16.1. The van der Waals surface area contributed by atoms with Gasteiger partial charge in [-0.05, 0) is 64.9 Å². The summed E-state index contributed by atoms with van der Waals surface area (Å²) in [7, 11) is 0. The fourth-order valence-electron chi connectivity index (χ4n) is 4.18. The summed E-state index contributed by atoms with van der Waals surface area (Å²) in [6.45, 7) is 0. The van der Waals surface area contributed by atoms with Crippen molar-refractivity contribution in [2.75, 3.05) is 0 Å². The summed E-state index contributed by atoms with van der Waals surface area (Å²) in [5.74, 6) is 0.506. The Morgan fingerprint density at radius 3 is 2.69 bits per heavy atom. The van der Waals surface area contributed by atoms with Gasteiger partial charge in [0.2, 0.25) is 0 Å². The van der Waals surface area contributed by atoms with Crippen LogP contribution in [0.1, 0.15) is 35.4 Å². The Morgan fingerprint density at radius 2 is 1.76 bits per heavy atom. The average Bonchev–Trinajstić information content (AvgIpc) is 3.27. The van der Waals surface area contributed by atoms with E-state index in [0.717, 1.165) is 5.65 Å². The Bertz CT molecular complexity index is 1190. The molecule has 4 nitrogen and oxygen atoms in total. The Labute approximate surface area is 169 Å². The van der Waals surface area contributed by atoms with E-state index < -0.39 is 0 Å². The smallest absolute Gasteiger partial charge is 0.160 e. The second kappa shape index (κ2) is 7.84. The Kier molecular flexibility index (Phi) is 4.75. The molecular weight excluding hydrogens is 356 g/mol. The fraction of sp³-hybridized carbons (Fsp3) is 0.160. The molecule has 3 aromatic heterocycles. The highest BCUT2D eigenvalue weighted by atomic mass is 15.2.